The molecule has 0 aromatic heterocycles. The summed E-state index contributed by atoms with van der Waals surface area (Å²) < 4.78 is 13.1. The lowest BCUT2D eigenvalue weighted by Crippen LogP contribution is -1.91. The highest BCUT2D eigenvalue weighted by molar-refractivity contribution is 7.98. The van der Waals surface area contributed by atoms with Crippen molar-refractivity contribution >= 4 is 16.4 Å². The molecule has 2 nitrogen and oxygen atoms in total. The standard InChI is InChI=1S/C10H10FNOS/c1-6-8(5-12)9(11)3-4-10(6)14-7(2)13/h3-4,13-14H,1-2H3. The normalized spacial score (nSPS) is 11.8. The minimum atomic E-state index is -0.514. The van der Waals surface area contributed by atoms with Crippen LogP contribution in [0.25, 0.3) is 0 Å². The first kappa shape index (κ1) is 10.9. The second-order valence-electron chi connectivity index (χ2n) is 2.84. The van der Waals surface area contributed by atoms with Crippen LogP contribution in [0.4, 0.5) is 4.39 Å². The number of hydrogen-bond acceptors (Lipinski definition) is 1. The molecule has 74 valence electrons. The van der Waals surface area contributed by atoms with Gasteiger partial charge in [-0.15, -0.1) is 11.4 Å². The van der Waals surface area contributed by atoms with Gasteiger partial charge in [0.2, 0.25) is 0 Å². The van der Waals surface area contributed by atoms with Crippen LogP contribution in [0, 0.1) is 24.1 Å². The summed E-state index contributed by atoms with van der Waals surface area (Å²) in [5, 5.41) is 18.0. The first-order valence-corrected chi connectivity index (χ1v) is 4.89. The Morgan fingerprint density at radius 2 is 2.21 bits per heavy atom. The second kappa shape index (κ2) is 4.36. The average molecular weight is 211 g/mol. The van der Waals surface area contributed by atoms with Crippen molar-refractivity contribution in [2.24, 2.45) is 0 Å². The number of benzene rings is 1. The number of aliphatic hydroxyl groups is 1. The van der Waals surface area contributed by atoms with E-state index in [4.69, 9.17) is 10.4 Å². The molecule has 0 heterocycles. The molecule has 0 spiro atoms. The minimum Gasteiger partial charge on any atom is -0.360 e. The van der Waals surface area contributed by atoms with E-state index in [-0.39, 0.29) is 10.6 Å². The molecule has 1 aromatic rings. The number of aliphatic hydroxyl groups excluding tert-OH is 1. The zero-order valence-corrected chi connectivity index (χ0v) is 8.77. The predicted molar refractivity (Wildman–Crippen MR) is 56.4 cm³/mol. The maximum Gasteiger partial charge on any atom is 0.141 e. The number of thiol groups is 1. The van der Waals surface area contributed by atoms with Crippen LogP contribution >= 0.6 is 11.4 Å². The Morgan fingerprint density at radius 3 is 2.71 bits per heavy atom. The first-order valence-electron chi connectivity index (χ1n) is 3.99. The van der Waals surface area contributed by atoms with E-state index in [0.29, 0.717) is 16.9 Å². The van der Waals surface area contributed by atoms with Gasteiger partial charge in [-0.1, -0.05) is 0 Å². The lowest BCUT2D eigenvalue weighted by atomic mass is 10.1. The summed E-state index contributed by atoms with van der Waals surface area (Å²) in [6.45, 7) is 3.24. The highest BCUT2D eigenvalue weighted by Gasteiger charge is 2.07. The van der Waals surface area contributed by atoms with Gasteiger partial charge < -0.3 is 5.11 Å². The van der Waals surface area contributed by atoms with Gasteiger partial charge in [0.05, 0.1) is 10.6 Å². The number of rotatable bonds is 1. The summed E-state index contributed by atoms with van der Waals surface area (Å²) in [6, 6.07) is 4.63. The van der Waals surface area contributed by atoms with E-state index in [0.717, 1.165) is 4.90 Å². The first-order chi connectivity index (χ1) is 6.56. The lowest BCUT2D eigenvalue weighted by molar-refractivity contribution is 0.564. The maximum atomic E-state index is 13.1. The zero-order valence-electron chi connectivity index (χ0n) is 7.87. The summed E-state index contributed by atoms with van der Waals surface area (Å²) in [5.41, 5.74) is 0.638. The molecule has 0 bridgehead atoms. The number of halogens is 1. The van der Waals surface area contributed by atoms with E-state index in [9.17, 15) is 4.39 Å². The molecule has 0 radical (unpaired) electrons. The average Bonchev–Trinajstić information content (AvgIpc) is 2.10. The van der Waals surface area contributed by atoms with Crippen molar-refractivity contribution in [1.29, 1.82) is 5.26 Å². The van der Waals surface area contributed by atoms with Gasteiger partial charge in [-0.3, -0.25) is 0 Å². The Labute approximate surface area is 85.6 Å². The summed E-state index contributed by atoms with van der Waals surface area (Å²) in [4.78, 5) is 0.753. The van der Waals surface area contributed by atoms with Gasteiger partial charge in [0.1, 0.15) is 11.9 Å². The fraction of sp³-hybridized carbons (Fsp3) is 0.200. The SMILES string of the molecule is CC(O)=[SH]c1ccc(F)c(C#N)c1C. The molecule has 0 aliphatic rings. The number of nitriles is 1. The van der Waals surface area contributed by atoms with Crippen LogP contribution in [0.2, 0.25) is 0 Å². The van der Waals surface area contributed by atoms with Crippen molar-refractivity contribution in [3.63, 3.8) is 0 Å². The van der Waals surface area contributed by atoms with Gasteiger partial charge in [-0.2, -0.15) is 5.26 Å². The molecular formula is C10H10FNOS. The lowest BCUT2D eigenvalue weighted by Gasteiger charge is -2.04. The molecule has 4 heteroatoms. The fourth-order valence-corrected chi connectivity index (χ4v) is 1.88. The van der Waals surface area contributed by atoms with E-state index >= 15 is 0 Å². The molecule has 0 amide bonds. The van der Waals surface area contributed by atoms with Crippen LogP contribution in [-0.4, -0.2) is 10.2 Å². The molecule has 0 aliphatic heterocycles. The van der Waals surface area contributed by atoms with Crippen LogP contribution in [0.15, 0.2) is 17.0 Å². The van der Waals surface area contributed by atoms with Gasteiger partial charge in [-0.25, -0.2) is 4.39 Å². The van der Waals surface area contributed by atoms with E-state index in [1.165, 1.54) is 6.07 Å². The Morgan fingerprint density at radius 1 is 1.57 bits per heavy atom. The molecule has 0 saturated heterocycles. The minimum absolute atomic E-state index is 0.0521. The third kappa shape index (κ3) is 2.19. The topological polar surface area (TPSA) is 44.0 Å². The van der Waals surface area contributed by atoms with Gasteiger partial charge in [0, 0.05) is 4.90 Å². The molecule has 1 aromatic carbocycles. The van der Waals surface area contributed by atoms with Gasteiger partial charge in [-0.05, 0) is 31.5 Å². The Kier molecular flexibility index (Phi) is 3.39. The zero-order chi connectivity index (χ0) is 10.7. The highest BCUT2D eigenvalue weighted by Crippen LogP contribution is 2.22. The summed E-state index contributed by atoms with van der Waals surface area (Å²) in [7, 11) is 0. The molecule has 0 unspecified atom stereocenters. The molecule has 1 N–H and O–H groups in total. The third-order valence-electron chi connectivity index (χ3n) is 1.78. The smallest absolute Gasteiger partial charge is 0.141 e. The Balaban J connectivity index is 3.38. The van der Waals surface area contributed by atoms with E-state index < -0.39 is 5.82 Å². The van der Waals surface area contributed by atoms with Crippen molar-refractivity contribution in [2.75, 3.05) is 0 Å². The van der Waals surface area contributed by atoms with Gasteiger partial charge in [0.15, 0.2) is 0 Å². The highest BCUT2D eigenvalue weighted by atomic mass is 32.1. The number of nitrogens with zero attached hydrogens (tertiary/aromatic N) is 1. The molecule has 0 saturated carbocycles. The molecule has 0 fully saturated rings. The third-order valence-corrected chi connectivity index (χ3v) is 2.83. The van der Waals surface area contributed by atoms with Crippen LogP contribution in [0.3, 0.4) is 0 Å². The van der Waals surface area contributed by atoms with Crippen molar-refractivity contribution < 1.29 is 9.50 Å². The summed E-state index contributed by atoms with van der Waals surface area (Å²) in [6.07, 6.45) is 0. The van der Waals surface area contributed by atoms with Crippen molar-refractivity contribution in [3.8, 4) is 6.07 Å². The van der Waals surface area contributed by atoms with Crippen molar-refractivity contribution in [1.82, 2.24) is 0 Å². The fourth-order valence-electron chi connectivity index (χ4n) is 1.10. The van der Waals surface area contributed by atoms with E-state index in [1.807, 2.05) is 0 Å². The van der Waals surface area contributed by atoms with Crippen LogP contribution < -0.4 is 0 Å². The second-order valence-corrected chi connectivity index (χ2v) is 4.19. The summed E-state index contributed by atoms with van der Waals surface area (Å²) in [5.74, 6) is -0.514. The predicted octanol–water partition coefficient (Wildman–Crippen LogP) is 2.54. The summed E-state index contributed by atoms with van der Waals surface area (Å²) >= 11 is 0.614. The molecular weight excluding hydrogens is 201 g/mol. The quantitative estimate of drug-likeness (QED) is 0.553. The molecule has 0 aliphatic carbocycles. The Hall–Kier alpha value is -1.18. The Bertz CT molecular complexity index is 430. The molecule has 1 rings (SSSR count). The maximum absolute atomic E-state index is 13.1. The monoisotopic (exact) mass is 211 g/mol. The van der Waals surface area contributed by atoms with E-state index in [1.54, 1.807) is 26.0 Å². The van der Waals surface area contributed by atoms with Crippen LogP contribution in [0.5, 0.6) is 0 Å². The van der Waals surface area contributed by atoms with Gasteiger partial charge in [0.25, 0.3) is 0 Å². The largest absolute Gasteiger partial charge is 0.360 e. The number of hydrogen-bond donors (Lipinski definition) is 2. The van der Waals surface area contributed by atoms with Crippen LogP contribution in [0.1, 0.15) is 18.1 Å². The van der Waals surface area contributed by atoms with E-state index in [2.05, 4.69) is 0 Å². The van der Waals surface area contributed by atoms with Gasteiger partial charge >= 0.3 is 0 Å². The van der Waals surface area contributed by atoms with Crippen molar-refractivity contribution in [2.45, 2.75) is 18.7 Å². The van der Waals surface area contributed by atoms with Crippen molar-refractivity contribution in [3.05, 3.63) is 29.1 Å². The molecule has 14 heavy (non-hydrogen) atoms. The van der Waals surface area contributed by atoms with Crippen LogP contribution in [-0.2, 0) is 0 Å². The molecule has 0 atom stereocenters.